The number of hydrogen-bond acceptors (Lipinski definition) is 3. The van der Waals surface area contributed by atoms with Gasteiger partial charge < -0.3 is 15.3 Å². The number of carboxylic acids is 3. The molecule has 3 N–H and O–H groups in total. The van der Waals surface area contributed by atoms with Gasteiger partial charge in [-0.15, -0.1) is 0 Å². The third-order valence-corrected chi connectivity index (χ3v) is 2.02. The van der Waals surface area contributed by atoms with Gasteiger partial charge in [-0.1, -0.05) is 0 Å². The van der Waals surface area contributed by atoms with Crippen LogP contribution in [0, 0.1) is 11.3 Å². The molecule has 0 saturated heterocycles. The van der Waals surface area contributed by atoms with E-state index in [1.807, 2.05) is 0 Å². The first-order valence-corrected chi connectivity index (χ1v) is 3.12. The van der Waals surface area contributed by atoms with Gasteiger partial charge in [-0.25, -0.2) is 0 Å². The highest BCUT2D eigenvalue weighted by Gasteiger charge is 2.70. The highest BCUT2D eigenvalue weighted by atomic mass is 16.4. The van der Waals surface area contributed by atoms with Gasteiger partial charge in [0.2, 0.25) is 0 Å². The van der Waals surface area contributed by atoms with Gasteiger partial charge in [0.1, 0.15) is 0 Å². The summed E-state index contributed by atoms with van der Waals surface area (Å²) < 4.78 is 0. The summed E-state index contributed by atoms with van der Waals surface area (Å²) in [6, 6.07) is 0. The summed E-state index contributed by atoms with van der Waals surface area (Å²) in [4.78, 5) is 31.1. The van der Waals surface area contributed by atoms with Gasteiger partial charge in [-0.2, -0.15) is 0 Å². The molecule has 0 aromatic carbocycles. The minimum absolute atomic E-state index is 0.326. The van der Waals surface area contributed by atoms with Gasteiger partial charge in [0.25, 0.3) is 0 Å². The Morgan fingerprint density at radius 1 is 1.08 bits per heavy atom. The number of carboxylic acid groups (broad SMARTS) is 3. The van der Waals surface area contributed by atoms with Crippen LogP contribution in [0.3, 0.4) is 0 Å². The van der Waals surface area contributed by atoms with E-state index in [-0.39, 0.29) is 6.42 Å². The van der Waals surface area contributed by atoms with Gasteiger partial charge in [0.05, 0.1) is 5.92 Å². The molecule has 1 saturated carbocycles. The van der Waals surface area contributed by atoms with Crippen molar-refractivity contribution in [3.05, 3.63) is 0 Å². The molecule has 0 heterocycles. The molecule has 1 fully saturated rings. The minimum atomic E-state index is -2.08. The van der Waals surface area contributed by atoms with Crippen LogP contribution in [0.1, 0.15) is 6.42 Å². The van der Waals surface area contributed by atoms with Crippen LogP contribution in [-0.2, 0) is 14.4 Å². The van der Waals surface area contributed by atoms with Crippen LogP contribution in [0.4, 0.5) is 0 Å². The second-order valence-corrected chi connectivity index (χ2v) is 2.68. The second kappa shape index (κ2) is 2.20. The monoisotopic (exact) mass is 174 g/mol. The Hall–Kier alpha value is -1.59. The van der Waals surface area contributed by atoms with Crippen LogP contribution in [-0.4, -0.2) is 33.2 Å². The maximum absolute atomic E-state index is 10.4. The molecule has 0 aliphatic heterocycles. The zero-order valence-electron chi connectivity index (χ0n) is 5.85. The van der Waals surface area contributed by atoms with Crippen LogP contribution in [0.25, 0.3) is 0 Å². The first-order chi connectivity index (χ1) is 5.43. The molecular formula is C6H6O6. The Balaban J connectivity index is 2.90. The quantitative estimate of drug-likeness (QED) is 0.485. The zero-order chi connectivity index (χ0) is 9.52. The van der Waals surface area contributed by atoms with E-state index in [0.29, 0.717) is 0 Å². The fourth-order valence-corrected chi connectivity index (χ4v) is 1.13. The van der Waals surface area contributed by atoms with Gasteiger partial charge in [0, 0.05) is 0 Å². The molecule has 0 aromatic rings. The summed E-state index contributed by atoms with van der Waals surface area (Å²) in [6.45, 7) is 0. The predicted molar refractivity (Wildman–Crippen MR) is 33.4 cm³/mol. The fourth-order valence-electron chi connectivity index (χ4n) is 1.13. The number of rotatable bonds is 3. The van der Waals surface area contributed by atoms with E-state index in [1.54, 1.807) is 0 Å². The van der Waals surface area contributed by atoms with E-state index in [2.05, 4.69) is 0 Å². The molecule has 66 valence electrons. The number of hydrogen-bond donors (Lipinski definition) is 3. The lowest BCUT2D eigenvalue weighted by molar-refractivity contribution is -0.160. The summed E-state index contributed by atoms with van der Waals surface area (Å²) in [6.07, 6.45) is -0.326. The normalized spacial score (nSPS) is 24.5. The molecule has 6 heteroatoms. The van der Waals surface area contributed by atoms with Gasteiger partial charge in [-0.3, -0.25) is 14.4 Å². The Bertz CT molecular complexity index is 253. The highest BCUT2D eigenvalue weighted by Crippen LogP contribution is 2.53. The van der Waals surface area contributed by atoms with E-state index in [4.69, 9.17) is 15.3 Å². The van der Waals surface area contributed by atoms with E-state index in [0.717, 1.165) is 0 Å². The largest absolute Gasteiger partial charge is 0.481 e. The fraction of sp³-hybridized carbons (Fsp3) is 0.500. The molecule has 1 rings (SSSR count). The smallest absolute Gasteiger partial charge is 0.321 e. The average molecular weight is 174 g/mol. The van der Waals surface area contributed by atoms with Crippen LogP contribution in [0.5, 0.6) is 0 Å². The Morgan fingerprint density at radius 3 is 1.58 bits per heavy atom. The summed E-state index contributed by atoms with van der Waals surface area (Å²) >= 11 is 0. The zero-order valence-corrected chi connectivity index (χ0v) is 5.85. The third-order valence-electron chi connectivity index (χ3n) is 2.02. The topological polar surface area (TPSA) is 112 Å². The summed E-state index contributed by atoms with van der Waals surface area (Å²) in [5.41, 5.74) is -2.08. The molecule has 0 spiro atoms. The van der Waals surface area contributed by atoms with Crippen molar-refractivity contribution in [3.8, 4) is 0 Å². The molecule has 1 aliphatic rings. The van der Waals surface area contributed by atoms with E-state index < -0.39 is 29.2 Å². The van der Waals surface area contributed by atoms with Crippen molar-refractivity contribution in [3.63, 3.8) is 0 Å². The number of aliphatic carboxylic acids is 3. The summed E-state index contributed by atoms with van der Waals surface area (Å²) in [5.74, 6) is -5.82. The van der Waals surface area contributed by atoms with Crippen LogP contribution in [0.2, 0.25) is 0 Å². The molecule has 0 bridgehead atoms. The van der Waals surface area contributed by atoms with Crippen molar-refractivity contribution in [2.45, 2.75) is 6.42 Å². The van der Waals surface area contributed by atoms with Crippen molar-refractivity contribution in [2.24, 2.45) is 11.3 Å². The molecule has 0 radical (unpaired) electrons. The maximum atomic E-state index is 10.4. The van der Waals surface area contributed by atoms with Crippen molar-refractivity contribution >= 4 is 17.9 Å². The van der Waals surface area contributed by atoms with E-state index in [1.165, 1.54) is 0 Å². The average Bonchev–Trinajstić information content (AvgIpc) is 2.60. The lowest BCUT2D eigenvalue weighted by Gasteiger charge is -2.02. The molecule has 0 amide bonds. The van der Waals surface area contributed by atoms with Crippen molar-refractivity contribution < 1.29 is 29.7 Å². The summed E-state index contributed by atoms with van der Waals surface area (Å²) in [5, 5.41) is 25.3. The van der Waals surface area contributed by atoms with Crippen LogP contribution >= 0.6 is 0 Å². The van der Waals surface area contributed by atoms with E-state index in [9.17, 15) is 14.4 Å². The predicted octanol–water partition coefficient (Wildman–Crippen LogP) is -0.754. The molecule has 1 unspecified atom stereocenters. The number of carbonyl (C=O) groups is 3. The van der Waals surface area contributed by atoms with Crippen LogP contribution < -0.4 is 0 Å². The first kappa shape index (κ1) is 8.51. The second-order valence-electron chi connectivity index (χ2n) is 2.68. The molecule has 1 atom stereocenters. The molecule has 0 aromatic heterocycles. The van der Waals surface area contributed by atoms with Gasteiger partial charge in [-0.05, 0) is 6.42 Å². The van der Waals surface area contributed by atoms with Gasteiger partial charge >= 0.3 is 17.9 Å². The summed E-state index contributed by atoms with van der Waals surface area (Å²) in [7, 11) is 0. The van der Waals surface area contributed by atoms with Gasteiger partial charge in [0.15, 0.2) is 5.41 Å². The standard InChI is InChI=1S/C6H6O6/c7-3(8)2-1-6(2,4(9)10)5(11)12/h2H,1H2,(H,7,8)(H,9,10)(H,11,12). The van der Waals surface area contributed by atoms with E-state index >= 15 is 0 Å². The van der Waals surface area contributed by atoms with Crippen molar-refractivity contribution in [1.29, 1.82) is 0 Å². The van der Waals surface area contributed by atoms with Crippen molar-refractivity contribution in [1.82, 2.24) is 0 Å². The highest BCUT2D eigenvalue weighted by molar-refractivity contribution is 6.07. The molecular weight excluding hydrogens is 168 g/mol. The molecule has 12 heavy (non-hydrogen) atoms. The lowest BCUT2D eigenvalue weighted by Crippen LogP contribution is -2.29. The Labute approximate surface area is 66.4 Å². The maximum Gasteiger partial charge on any atom is 0.321 e. The minimum Gasteiger partial charge on any atom is -0.481 e. The lowest BCUT2D eigenvalue weighted by atomic mass is 10.1. The SMILES string of the molecule is O=C(O)C1CC1(C(=O)O)C(=O)O. The Kier molecular flexibility index (Phi) is 1.56. The third kappa shape index (κ3) is 0.843. The van der Waals surface area contributed by atoms with Crippen molar-refractivity contribution in [2.75, 3.05) is 0 Å². The Morgan fingerprint density at radius 2 is 1.50 bits per heavy atom. The molecule has 1 aliphatic carbocycles. The van der Waals surface area contributed by atoms with Crippen LogP contribution in [0.15, 0.2) is 0 Å². The molecule has 6 nitrogen and oxygen atoms in total. The first-order valence-electron chi connectivity index (χ1n) is 3.12.